The summed E-state index contributed by atoms with van der Waals surface area (Å²) >= 11 is 18.0. The Bertz CT molecular complexity index is 753. The van der Waals surface area contributed by atoms with Gasteiger partial charge in [0.05, 0.1) is 0 Å². The predicted molar refractivity (Wildman–Crippen MR) is 84.4 cm³/mol. The molecule has 100 valence electrons. The quantitative estimate of drug-likeness (QED) is 0.723. The van der Waals surface area contributed by atoms with E-state index in [1.54, 1.807) is 42.5 Å². The van der Waals surface area contributed by atoms with Crippen molar-refractivity contribution in [2.75, 3.05) is 5.32 Å². The van der Waals surface area contributed by atoms with Gasteiger partial charge in [-0.2, -0.15) is 0 Å². The Morgan fingerprint density at radius 3 is 2.40 bits per heavy atom. The number of halogens is 3. The van der Waals surface area contributed by atoms with Crippen molar-refractivity contribution in [2.45, 2.75) is 0 Å². The van der Waals surface area contributed by atoms with Crippen molar-refractivity contribution in [1.29, 1.82) is 0 Å². The summed E-state index contributed by atoms with van der Waals surface area (Å²) in [7, 11) is 0. The second-order valence-corrected chi connectivity index (χ2v) is 5.65. The molecule has 0 spiro atoms. The van der Waals surface area contributed by atoms with Gasteiger partial charge in [0.2, 0.25) is 0 Å². The molecule has 5 heteroatoms. The highest BCUT2D eigenvalue weighted by Crippen LogP contribution is 2.36. The average Bonchev–Trinajstić information content (AvgIpc) is 2.69. The van der Waals surface area contributed by atoms with Crippen molar-refractivity contribution >= 4 is 58.0 Å². The van der Waals surface area contributed by atoms with Gasteiger partial charge in [0.1, 0.15) is 0 Å². The van der Waals surface area contributed by atoms with Crippen molar-refractivity contribution in [1.82, 2.24) is 0 Å². The largest absolute Gasteiger partial charge is 0.321 e. The molecule has 1 heterocycles. The van der Waals surface area contributed by atoms with Crippen molar-refractivity contribution in [3.63, 3.8) is 0 Å². The Labute approximate surface area is 131 Å². The molecule has 1 aliphatic heterocycles. The summed E-state index contributed by atoms with van der Waals surface area (Å²) in [5.41, 5.74) is 2.78. The van der Waals surface area contributed by atoms with E-state index in [4.69, 9.17) is 34.8 Å². The van der Waals surface area contributed by atoms with E-state index < -0.39 is 0 Å². The third kappa shape index (κ3) is 2.42. The highest BCUT2D eigenvalue weighted by molar-refractivity contribution is 6.39. The van der Waals surface area contributed by atoms with Gasteiger partial charge in [0.15, 0.2) is 0 Å². The van der Waals surface area contributed by atoms with Crippen molar-refractivity contribution < 1.29 is 4.79 Å². The highest BCUT2D eigenvalue weighted by atomic mass is 35.5. The standard InChI is InChI=1S/C15H8Cl3NO/c16-9-3-4-14-11(6-9)12(15(20)19-14)5-8-1-2-10(17)7-13(8)18/h1-7H,(H,19,20)/b12-5-. The van der Waals surface area contributed by atoms with Gasteiger partial charge in [-0.15, -0.1) is 0 Å². The Kier molecular flexibility index (Phi) is 3.47. The van der Waals surface area contributed by atoms with E-state index in [0.717, 1.165) is 16.8 Å². The molecule has 0 saturated heterocycles. The second-order valence-electron chi connectivity index (χ2n) is 4.37. The van der Waals surface area contributed by atoms with E-state index in [9.17, 15) is 4.79 Å². The van der Waals surface area contributed by atoms with Crippen LogP contribution in [0.2, 0.25) is 15.1 Å². The minimum absolute atomic E-state index is 0.173. The van der Waals surface area contributed by atoms with Crippen LogP contribution in [0.15, 0.2) is 36.4 Å². The maximum Gasteiger partial charge on any atom is 0.256 e. The van der Waals surface area contributed by atoms with E-state index in [2.05, 4.69) is 5.32 Å². The van der Waals surface area contributed by atoms with Crippen LogP contribution >= 0.6 is 34.8 Å². The first kappa shape index (κ1) is 13.5. The number of benzene rings is 2. The third-order valence-electron chi connectivity index (χ3n) is 3.03. The molecule has 0 unspecified atom stereocenters. The lowest BCUT2D eigenvalue weighted by Gasteiger charge is -2.02. The van der Waals surface area contributed by atoms with Gasteiger partial charge in [0, 0.05) is 31.9 Å². The molecule has 2 aromatic rings. The van der Waals surface area contributed by atoms with Gasteiger partial charge < -0.3 is 5.32 Å². The fraction of sp³-hybridized carbons (Fsp3) is 0. The molecule has 0 radical (unpaired) electrons. The lowest BCUT2D eigenvalue weighted by atomic mass is 10.0. The van der Waals surface area contributed by atoms with Crippen LogP contribution in [0.5, 0.6) is 0 Å². The lowest BCUT2D eigenvalue weighted by Crippen LogP contribution is -2.03. The third-order valence-corrected chi connectivity index (χ3v) is 3.82. The number of hydrogen-bond acceptors (Lipinski definition) is 1. The topological polar surface area (TPSA) is 29.1 Å². The Balaban J connectivity index is 2.13. The molecule has 0 fully saturated rings. The Morgan fingerprint density at radius 2 is 1.65 bits per heavy atom. The Morgan fingerprint density at radius 1 is 0.950 bits per heavy atom. The maximum absolute atomic E-state index is 12.0. The summed E-state index contributed by atoms with van der Waals surface area (Å²) in [4.78, 5) is 12.0. The summed E-state index contributed by atoms with van der Waals surface area (Å²) in [5, 5.41) is 4.41. The molecule has 0 aliphatic carbocycles. The summed E-state index contributed by atoms with van der Waals surface area (Å²) in [6.07, 6.45) is 1.73. The van der Waals surface area contributed by atoms with Crippen LogP contribution in [0.4, 0.5) is 5.69 Å². The van der Waals surface area contributed by atoms with Gasteiger partial charge in [-0.3, -0.25) is 4.79 Å². The molecule has 0 bridgehead atoms. The zero-order chi connectivity index (χ0) is 14.3. The van der Waals surface area contributed by atoms with Gasteiger partial charge >= 0.3 is 0 Å². The van der Waals surface area contributed by atoms with Crippen molar-refractivity contribution in [3.8, 4) is 0 Å². The predicted octanol–water partition coefficient (Wildman–Crippen LogP) is 5.14. The first-order valence-electron chi connectivity index (χ1n) is 5.82. The SMILES string of the molecule is O=C1Nc2ccc(Cl)cc2/C1=C/c1ccc(Cl)cc1Cl. The van der Waals surface area contributed by atoms with Crippen LogP contribution < -0.4 is 5.32 Å². The zero-order valence-corrected chi connectivity index (χ0v) is 12.4. The minimum atomic E-state index is -0.173. The number of amides is 1. The first-order chi connectivity index (χ1) is 9.54. The number of fused-ring (bicyclic) bond motifs is 1. The molecule has 2 aromatic carbocycles. The fourth-order valence-corrected chi connectivity index (χ4v) is 2.71. The number of rotatable bonds is 1. The average molecular weight is 325 g/mol. The molecule has 1 aliphatic rings. The Hall–Kier alpha value is -1.48. The number of anilines is 1. The molecular formula is C15H8Cl3NO. The summed E-state index contributed by atoms with van der Waals surface area (Å²) < 4.78 is 0. The number of hydrogen-bond donors (Lipinski definition) is 1. The van der Waals surface area contributed by atoms with E-state index in [1.807, 2.05) is 0 Å². The normalized spacial score (nSPS) is 15.3. The molecule has 0 aromatic heterocycles. The van der Waals surface area contributed by atoms with Gasteiger partial charge in [-0.05, 0) is 42.0 Å². The second kappa shape index (κ2) is 5.13. The molecule has 1 N–H and O–H groups in total. The van der Waals surface area contributed by atoms with Gasteiger partial charge in [-0.25, -0.2) is 0 Å². The molecule has 0 atom stereocenters. The van der Waals surface area contributed by atoms with Crippen molar-refractivity contribution in [2.24, 2.45) is 0 Å². The highest BCUT2D eigenvalue weighted by Gasteiger charge is 2.24. The van der Waals surface area contributed by atoms with Gasteiger partial charge in [0.25, 0.3) is 5.91 Å². The smallest absolute Gasteiger partial charge is 0.256 e. The fourth-order valence-electron chi connectivity index (χ4n) is 2.08. The monoisotopic (exact) mass is 323 g/mol. The molecule has 20 heavy (non-hydrogen) atoms. The van der Waals surface area contributed by atoms with Crippen LogP contribution in [0.3, 0.4) is 0 Å². The summed E-state index contributed by atoms with van der Waals surface area (Å²) in [6.45, 7) is 0. The van der Waals surface area contributed by atoms with Crippen LogP contribution in [-0.4, -0.2) is 5.91 Å². The number of carbonyl (C=O) groups excluding carboxylic acids is 1. The molecular weight excluding hydrogens is 317 g/mol. The molecule has 0 saturated carbocycles. The van der Waals surface area contributed by atoms with E-state index in [-0.39, 0.29) is 5.91 Å². The lowest BCUT2D eigenvalue weighted by molar-refractivity contribution is -0.110. The minimum Gasteiger partial charge on any atom is -0.321 e. The maximum atomic E-state index is 12.0. The molecule has 3 rings (SSSR count). The van der Waals surface area contributed by atoms with E-state index in [0.29, 0.717) is 20.6 Å². The summed E-state index contributed by atoms with van der Waals surface area (Å²) in [6, 6.07) is 10.4. The summed E-state index contributed by atoms with van der Waals surface area (Å²) in [5.74, 6) is -0.173. The van der Waals surface area contributed by atoms with E-state index >= 15 is 0 Å². The van der Waals surface area contributed by atoms with Crippen LogP contribution in [0, 0.1) is 0 Å². The molecule has 1 amide bonds. The number of nitrogens with one attached hydrogen (secondary N) is 1. The van der Waals surface area contributed by atoms with Crippen LogP contribution in [-0.2, 0) is 4.79 Å². The zero-order valence-electron chi connectivity index (χ0n) is 10.1. The van der Waals surface area contributed by atoms with Crippen LogP contribution in [0.25, 0.3) is 11.6 Å². The van der Waals surface area contributed by atoms with Gasteiger partial charge in [-0.1, -0.05) is 40.9 Å². The van der Waals surface area contributed by atoms with Crippen LogP contribution in [0.1, 0.15) is 11.1 Å². The number of carbonyl (C=O) groups is 1. The molecule has 2 nitrogen and oxygen atoms in total. The van der Waals surface area contributed by atoms with E-state index in [1.165, 1.54) is 0 Å². The van der Waals surface area contributed by atoms with Crippen molar-refractivity contribution in [3.05, 3.63) is 62.6 Å². The first-order valence-corrected chi connectivity index (χ1v) is 6.96.